The predicted octanol–water partition coefficient (Wildman–Crippen LogP) is 3.96. The van der Waals surface area contributed by atoms with Gasteiger partial charge in [0.15, 0.2) is 11.7 Å². The Morgan fingerprint density at radius 1 is 1.28 bits per heavy atom. The van der Waals surface area contributed by atoms with Crippen LogP contribution in [0.1, 0.15) is 18.7 Å². The number of oxazole rings is 1. The fourth-order valence-electron chi connectivity index (χ4n) is 2.06. The predicted molar refractivity (Wildman–Crippen MR) is 78.5 cm³/mol. The molecule has 4 nitrogen and oxygen atoms in total. The fraction of sp³-hybridized carbons (Fsp3) is 0.375. The molecule has 0 saturated heterocycles. The molecule has 136 valence electrons. The fourth-order valence-corrected chi connectivity index (χ4v) is 2.06. The second-order valence-electron chi connectivity index (χ2n) is 5.42. The molecule has 0 saturated carbocycles. The Bertz CT molecular complexity index is 742. The Labute approximate surface area is 140 Å². The van der Waals surface area contributed by atoms with Gasteiger partial charge in [0.05, 0.1) is 18.2 Å². The molecular formula is C16H15F5N2O2. The zero-order chi connectivity index (χ0) is 18.6. The summed E-state index contributed by atoms with van der Waals surface area (Å²) in [5.41, 5.74) is 0.0220. The lowest BCUT2D eigenvalue weighted by atomic mass is 10.2. The van der Waals surface area contributed by atoms with Crippen LogP contribution in [0.15, 0.2) is 28.8 Å². The van der Waals surface area contributed by atoms with E-state index in [2.05, 4.69) is 4.98 Å². The molecule has 0 unspecified atom stereocenters. The van der Waals surface area contributed by atoms with E-state index in [0.29, 0.717) is 6.07 Å². The summed E-state index contributed by atoms with van der Waals surface area (Å²) in [6.07, 6.45) is -4.21. The summed E-state index contributed by atoms with van der Waals surface area (Å²) in [7, 11) is 1.28. The van der Waals surface area contributed by atoms with Gasteiger partial charge in [-0.25, -0.2) is 13.8 Å². The Morgan fingerprint density at radius 2 is 2.00 bits per heavy atom. The van der Waals surface area contributed by atoms with Crippen LogP contribution >= 0.6 is 0 Å². The minimum absolute atomic E-state index is 0.0220. The Morgan fingerprint density at radius 3 is 2.64 bits per heavy atom. The molecule has 1 heterocycles. The zero-order valence-corrected chi connectivity index (χ0v) is 13.2. The van der Waals surface area contributed by atoms with Gasteiger partial charge in [-0.2, -0.15) is 13.2 Å². The van der Waals surface area contributed by atoms with Crippen molar-refractivity contribution < 1.29 is 31.2 Å². The number of halogens is 5. The van der Waals surface area contributed by atoms with Crippen molar-refractivity contribution in [3.05, 3.63) is 41.9 Å². The Kier molecular flexibility index (Phi) is 5.76. The lowest BCUT2D eigenvalue weighted by Crippen LogP contribution is -2.30. The normalized spacial score (nSPS) is 11.6. The maximum Gasteiger partial charge on any atom is 0.390 e. The van der Waals surface area contributed by atoms with E-state index in [-0.39, 0.29) is 30.1 Å². The van der Waals surface area contributed by atoms with Crippen molar-refractivity contribution in [2.75, 3.05) is 13.6 Å². The van der Waals surface area contributed by atoms with Gasteiger partial charge in [-0.1, -0.05) is 0 Å². The summed E-state index contributed by atoms with van der Waals surface area (Å²) in [4.78, 5) is 16.7. The minimum atomic E-state index is -4.33. The first-order valence-electron chi connectivity index (χ1n) is 7.36. The monoisotopic (exact) mass is 362 g/mol. The molecule has 2 aromatic rings. The molecule has 0 aliphatic heterocycles. The Hall–Kier alpha value is -2.45. The summed E-state index contributed by atoms with van der Waals surface area (Å²) >= 11 is 0. The number of benzene rings is 1. The SMILES string of the molecule is CN(CCC(F)(F)F)C(=O)CCc1ncc(-c2ccc(F)cc2F)o1. The largest absolute Gasteiger partial charge is 0.441 e. The van der Waals surface area contributed by atoms with E-state index in [0.717, 1.165) is 11.0 Å². The zero-order valence-electron chi connectivity index (χ0n) is 13.2. The number of nitrogens with zero attached hydrogens (tertiary/aromatic N) is 2. The second-order valence-corrected chi connectivity index (χ2v) is 5.42. The molecule has 9 heteroatoms. The molecular weight excluding hydrogens is 347 g/mol. The minimum Gasteiger partial charge on any atom is -0.441 e. The number of aryl methyl sites for hydroxylation is 1. The highest BCUT2D eigenvalue weighted by Gasteiger charge is 2.28. The third kappa shape index (κ3) is 5.54. The van der Waals surface area contributed by atoms with Gasteiger partial charge in [-0.05, 0) is 12.1 Å². The van der Waals surface area contributed by atoms with Gasteiger partial charge in [-0.3, -0.25) is 4.79 Å². The van der Waals surface area contributed by atoms with E-state index >= 15 is 0 Å². The number of aromatic nitrogens is 1. The van der Waals surface area contributed by atoms with Crippen LogP contribution < -0.4 is 0 Å². The lowest BCUT2D eigenvalue weighted by Gasteiger charge is -2.17. The number of carbonyl (C=O) groups is 1. The molecule has 0 radical (unpaired) electrons. The third-order valence-corrected chi connectivity index (χ3v) is 3.46. The molecule has 1 aromatic heterocycles. The molecule has 1 amide bonds. The summed E-state index contributed by atoms with van der Waals surface area (Å²) in [5, 5.41) is 0. The molecule has 0 aliphatic rings. The van der Waals surface area contributed by atoms with Crippen LogP contribution in [0.2, 0.25) is 0 Å². The van der Waals surface area contributed by atoms with Crippen LogP contribution in [0.4, 0.5) is 22.0 Å². The average Bonchev–Trinajstić information content (AvgIpc) is 2.98. The van der Waals surface area contributed by atoms with Crippen molar-refractivity contribution in [1.29, 1.82) is 0 Å². The van der Waals surface area contributed by atoms with Crippen molar-refractivity contribution in [1.82, 2.24) is 9.88 Å². The Balaban J connectivity index is 1.92. The van der Waals surface area contributed by atoms with E-state index in [1.165, 1.54) is 19.3 Å². The van der Waals surface area contributed by atoms with Crippen molar-refractivity contribution in [3.8, 4) is 11.3 Å². The molecule has 2 rings (SSSR count). The van der Waals surface area contributed by atoms with Gasteiger partial charge < -0.3 is 9.32 Å². The van der Waals surface area contributed by atoms with Crippen LogP contribution in [0.3, 0.4) is 0 Å². The van der Waals surface area contributed by atoms with Crippen molar-refractivity contribution in [2.24, 2.45) is 0 Å². The molecule has 25 heavy (non-hydrogen) atoms. The van der Waals surface area contributed by atoms with E-state index in [9.17, 15) is 26.7 Å². The molecule has 0 N–H and O–H groups in total. The number of alkyl halides is 3. The topological polar surface area (TPSA) is 46.3 Å². The first-order chi connectivity index (χ1) is 11.7. The maximum absolute atomic E-state index is 13.7. The highest BCUT2D eigenvalue weighted by molar-refractivity contribution is 5.76. The number of hydrogen-bond donors (Lipinski definition) is 0. The molecule has 0 atom stereocenters. The molecule has 0 bridgehead atoms. The van der Waals surface area contributed by atoms with Crippen LogP contribution in [0, 0.1) is 11.6 Å². The van der Waals surface area contributed by atoms with E-state index in [1.807, 2.05) is 0 Å². The highest BCUT2D eigenvalue weighted by Crippen LogP contribution is 2.24. The molecule has 1 aromatic carbocycles. The number of hydrogen-bond acceptors (Lipinski definition) is 3. The van der Waals surface area contributed by atoms with Crippen molar-refractivity contribution in [2.45, 2.75) is 25.4 Å². The van der Waals surface area contributed by atoms with E-state index in [4.69, 9.17) is 4.42 Å². The van der Waals surface area contributed by atoms with Gasteiger partial charge >= 0.3 is 6.18 Å². The summed E-state index contributed by atoms with van der Waals surface area (Å²) in [6, 6.07) is 2.97. The van der Waals surface area contributed by atoms with Crippen LogP contribution in [-0.2, 0) is 11.2 Å². The van der Waals surface area contributed by atoms with Crippen LogP contribution in [-0.4, -0.2) is 35.6 Å². The quantitative estimate of drug-likeness (QED) is 0.731. The first kappa shape index (κ1) is 18.9. The molecule has 0 spiro atoms. The molecule has 0 fully saturated rings. The first-order valence-corrected chi connectivity index (χ1v) is 7.36. The third-order valence-electron chi connectivity index (χ3n) is 3.46. The average molecular weight is 362 g/mol. The van der Waals surface area contributed by atoms with Crippen molar-refractivity contribution >= 4 is 5.91 Å². The summed E-state index contributed by atoms with van der Waals surface area (Å²) in [6.45, 7) is -0.431. The van der Waals surface area contributed by atoms with Gasteiger partial charge in [-0.15, -0.1) is 0 Å². The number of carbonyl (C=O) groups excluding carboxylic acids is 1. The maximum atomic E-state index is 13.7. The van der Waals surface area contributed by atoms with Gasteiger partial charge in [0.2, 0.25) is 5.91 Å². The van der Waals surface area contributed by atoms with E-state index in [1.54, 1.807) is 0 Å². The van der Waals surface area contributed by atoms with Crippen LogP contribution in [0.25, 0.3) is 11.3 Å². The van der Waals surface area contributed by atoms with Gasteiger partial charge in [0, 0.05) is 32.5 Å². The van der Waals surface area contributed by atoms with Crippen molar-refractivity contribution in [3.63, 3.8) is 0 Å². The van der Waals surface area contributed by atoms with E-state index < -0.39 is 36.7 Å². The molecule has 0 aliphatic carbocycles. The standard InChI is InChI=1S/C16H15F5N2O2/c1-23(7-6-16(19,20)21)15(24)5-4-14-22-9-13(25-14)11-3-2-10(17)8-12(11)18/h2-3,8-9H,4-7H2,1H3. The number of rotatable bonds is 6. The summed E-state index contributed by atoms with van der Waals surface area (Å²) in [5.74, 6) is -1.82. The van der Waals surface area contributed by atoms with Crippen LogP contribution in [0.5, 0.6) is 0 Å². The lowest BCUT2D eigenvalue weighted by molar-refractivity contribution is -0.144. The van der Waals surface area contributed by atoms with Gasteiger partial charge in [0.1, 0.15) is 11.6 Å². The smallest absolute Gasteiger partial charge is 0.390 e. The van der Waals surface area contributed by atoms with Gasteiger partial charge in [0.25, 0.3) is 0 Å². The summed E-state index contributed by atoms with van der Waals surface area (Å²) < 4.78 is 68.3. The highest BCUT2D eigenvalue weighted by atomic mass is 19.4. The second kappa shape index (κ2) is 7.62. The number of amides is 1.